The molecule has 0 aliphatic rings. The van der Waals surface area contributed by atoms with Crippen LogP contribution in [0.2, 0.25) is 0 Å². The lowest BCUT2D eigenvalue weighted by Gasteiger charge is -2.17. The summed E-state index contributed by atoms with van der Waals surface area (Å²) in [6.07, 6.45) is 0.957. The second-order valence-corrected chi connectivity index (χ2v) is 6.01. The van der Waals surface area contributed by atoms with E-state index in [0.29, 0.717) is 12.3 Å². The van der Waals surface area contributed by atoms with Crippen molar-refractivity contribution in [1.29, 1.82) is 0 Å². The molecule has 0 amide bonds. The Balaban J connectivity index is 2.66. The summed E-state index contributed by atoms with van der Waals surface area (Å²) in [5.74, 6) is 0.895. The van der Waals surface area contributed by atoms with Crippen molar-refractivity contribution in [2.75, 3.05) is 12.3 Å². The first-order chi connectivity index (χ1) is 7.69. The second-order valence-electron chi connectivity index (χ2n) is 4.11. The molecule has 0 aromatic heterocycles. The van der Waals surface area contributed by atoms with Crippen molar-refractivity contribution in [3.63, 3.8) is 0 Å². The molecule has 0 aliphatic carbocycles. The molecule has 16 heavy (non-hydrogen) atoms. The van der Waals surface area contributed by atoms with Gasteiger partial charge in [0.05, 0.1) is 0 Å². The number of hydrogen-bond acceptors (Lipinski definition) is 2. The van der Waals surface area contributed by atoms with Crippen LogP contribution in [0, 0.1) is 0 Å². The zero-order valence-corrected chi connectivity index (χ0v) is 10.9. The van der Waals surface area contributed by atoms with Crippen LogP contribution >= 0.6 is 0 Å². The summed E-state index contributed by atoms with van der Waals surface area (Å²) in [4.78, 5) is 0. The topological polar surface area (TPSA) is 43.1 Å². The monoisotopic (exact) mass is 239 g/mol. The van der Waals surface area contributed by atoms with Gasteiger partial charge in [0.1, 0.15) is 0 Å². The Bertz CT molecular complexity index is 326. The van der Waals surface area contributed by atoms with E-state index >= 15 is 0 Å². The summed E-state index contributed by atoms with van der Waals surface area (Å²) in [5.41, 5.74) is 6.96. The Labute approximate surface area is 101 Å². The van der Waals surface area contributed by atoms with Crippen LogP contribution in [0.3, 0.4) is 0 Å². The van der Waals surface area contributed by atoms with Crippen molar-refractivity contribution in [1.82, 2.24) is 0 Å². The predicted octanol–water partition coefficient (Wildman–Crippen LogP) is 2.28. The van der Waals surface area contributed by atoms with Gasteiger partial charge >= 0.3 is 0 Å². The van der Waals surface area contributed by atoms with Crippen molar-refractivity contribution in [2.45, 2.75) is 31.4 Å². The lowest BCUT2D eigenvalue weighted by Crippen LogP contribution is -2.23. The molecule has 0 saturated carbocycles. The molecule has 0 radical (unpaired) electrons. The van der Waals surface area contributed by atoms with E-state index in [1.54, 1.807) is 0 Å². The molecular weight excluding hydrogens is 218 g/mol. The average molecular weight is 239 g/mol. The molecule has 3 heteroatoms. The van der Waals surface area contributed by atoms with Crippen LogP contribution in [-0.4, -0.2) is 21.8 Å². The Morgan fingerprint density at radius 2 is 1.94 bits per heavy atom. The molecule has 1 aromatic carbocycles. The third-order valence-corrected chi connectivity index (χ3v) is 4.91. The molecule has 0 spiro atoms. The third kappa shape index (κ3) is 3.72. The molecule has 2 N–H and O–H groups in total. The van der Waals surface area contributed by atoms with Crippen LogP contribution in [0.4, 0.5) is 0 Å². The maximum Gasteiger partial charge on any atom is 0.0318 e. The fourth-order valence-electron chi connectivity index (χ4n) is 1.57. The van der Waals surface area contributed by atoms with Gasteiger partial charge in [-0.1, -0.05) is 44.2 Å². The first-order valence-corrected chi connectivity index (χ1v) is 7.19. The van der Waals surface area contributed by atoms with Crippen LogP contribution < -0.4 is 5.73 Å². The molecule has 0 aliphatic heterocycles. The molecule has 0 saturated heterocycles. The predicted molar refractivity (Wildman–Crippen MR) is 71.0 cm³/mol. The fourth-order valence-corrected chi connectivity index (χ4v) is 3.00. The van der Waals surface area contributed by atoms with Crippen LogP contribution in [0.1, 0.15) is 31.7 Å². The van der Waals surface area contributed by atoms with Crippen molar-refractivity contribution >= 4 is 10.8 Å². The molecular formula is C13H21NOS. The SMILES string of the molecule is CCC(C)S(=O)CC(CN)c1ccccc1. The highest BCUT2D eigenvalue weighted by molar-refractivity contribution is 7.85. The van der Waals surface area contributed by atoms with Crippen molar-refractivity contribution < 1.29 is 4.21 Å². The molecule has 1 rings (SSSR count). The maximum absolute atomic E-state index is 12.0. The summed E-state index contributed by atoms with van der Waals surface area (Å²) < 4.78 is 12.0. The number of nitrogens with two attached hydrogens (primary N) is 1. The van der Waals surface area contributed by atoms with Gasteiger partial charge in [-0.15, -0.1) is 0 Å². The standard InChI is InChI=1S/C13H21NOS/c1-3-11(2)16(15)10-13(9-14)12-7-5-4-6-8-12/h4-8,11,13H,3,9-10,14H2,1-2H3. The Hall–Kier alpha value is -0.670. The van der Waals surface area contributed by atoms with Gasteiger partial charge in [-0.05, 0) is 12.0 Å². The van der Waals surface area contributed by atoms with Gasteiger partial charge in [0.2, 0.25) is 0 Å². The van der Waals surface area contributed by atoms with Gasteiger partial charge < -0.3 is 5.73 Å². The summed E-state index contributed by atoms with van der Waals surface area (Å²) in [6, 6.07) is 10.1. The lowest BCUT2D eigenvalue weighted by atomic mass is 10.0. The number of benzene rings is 1. The fraction of sp³-hybridized carbons (Fsp3) is 0.538. The minimum Gasteiger partial charge on any atom is -0.330 e. The van der Waals surface area contributed by atoms with Crippen LogP contribution in [0.15, 0.2) is 30.3 Å². The number of rotatable bonds is 6. The quantitative estimate of drug-likeness (QED) is 0.827. The Morgan fingerprint density at radius 1 is 1.31 bits per heavy atom. The van der Waals surface area contributed by atoms with Gasteiger partial charge in [0, 0.05) is 34.3 Å². The Kier molecular flexibility index (Phi) is 5.71. The van der Waals surface area contributed by atoms with Gasteiger partial charge in [0.25, 0.3) is 0 Å². The van der Waals surface area contributed by atoms with E-state index in [0.717, 1.165) is 6.42 Å². The third-order valence-electron chi connectivity index (χ3n) is 2.94. The molecule has 2 nitrogen and oxygen atoms in total. The largest absolute Gasteiger partial charge is 0.330 e. The summed E-state index contributed by atoms with van der Waals surface area (Å²) in [7, 11) is -0.775. The lowest BCUT2D eigenvalue weighted by molar-refractivity contribution is 0.659. The van der Waals surface area contributed by atoms with Gasteiger partial charge in [-0.3, -0.25) is 4.21 Å². The highest BCUT2D eigenvalue weighted by atomic mass is 32.2. The molecule has 0 fully saturated rings. The van der Waals surface area contributed by atoms with Gasteiger partial charge in [-0.2, -0.15) is 0 Å². The van der Waals surface area contributed by atoms with Crippen LogP contribution in [0.5, 0.6) is 0 Å². The highest BCUT2D eigenvalue weighted by Crippen LogP contribution is 2.17. The van der Waals surface area contributed by atoms with E-state index in [4.69, 9.17) is 5.73 Å². The Morgan fingerprint density at radius 3 is 2.44 bits per heavy atom. The molecule has 3 unspecified atom stereocenters. The summed E-state index contributed by atoms with van der Waals surface area (Å²) in [5, 5.41) is 0.262. The van der Waals surface area contributed by atoms with Gasteiger partial charge in [0.15, 0.2) is 0 Å². The highest BCUT2D eigenvalue weighted by Gasteiger charge is 2.16. The maximum atomic E-state index is 12.0. The van der Waals surface area contributed by atoms with Crippen LogP contribution in [-0.2, 0) is 10.8 Å². The van der Waals surface area contributed by atoms with Crippen LogP contribution in [0.25, 0.3) is 0 Å². The van der Waals surface area contributed by atoms with E-state index in [2.05, 4.69) is 19.1 Å². The zero-order valence-electron chi connectivity index (χ0n) is 10.1. The normalized spacial score (nSPS) is 16.7. The summed E-state index contributed by atoms with van der Waals surface area (Å²) in [6.45, 7) is 4.67. The van der Waals surface area contributed by atoms with Crippen molar-refractivity contribution in [3.8, 4) is 0 Å². The van der Waals surface area contributed by atoms with E-state index in [9.17, 15) is 4.21 Å². The van der Waals surface area contributed by atoms with Gasteiger partial charge in [-0.25, -0.2) is 0 Å². The minimum atomic E-state index is -0.775. The van der Waals surface area contributed by atoms with Crippen molar-refractivity contribution in [3.05, 3.63) is 35.9 Å². The van der Waals surface area contributed by atoms with E-state index < -0.39 is 10.8 Å². The number of hydrogen-bond donors (Lipinski definition) is 1. The molecule has 0 heterocycles. The first-order valence-electron chi connectivity index (χ1n) is 5.81. The summed E-state index contributed by atoms with van der Waals surface area (Å²) >= 11 is 0. The zero-order chi connectivity index (χ0) is 12.0. The van der Waals surface area contributed by atoms with Crippen molar-refractivity contribution in [2.24, 2.45) is 5.73 Å². The van der Waals surface area contributed by atoms with E-state index in [1.807, 2.05) is 25.1 Å². The molecule has 0 bridgehead atoms. The minimum absolute atomic E-state index is 0.219. The molecule has 90 valence electrons. The second kappa shape index (κ2) is 6.81. The van der Waals surface area contributed by atoms with E-state index in [1.165, 1.54) is 5.56 Å². The smallest absolute Gasteiger partial charge is 0.0318 e. The molecule has 1 aromatic rings. The first kappa shape index (κ1) is 13.4. The van der Waals surface area contributed by atoms with E-state index in [-0.39, 0.29) is 11.2 Å². The molecule has 3 atom stereocenters. The average Bonchev–Trinajstić information content (AvgIpc) is 2.35.